The topological polar surface area (TPSA) is 70.2 Å². The van der Waals surface area contributed by atoms with Gasteiger partial charge < -0.3 is 15.5 Å². The molecule has 1 amide bonds. The zero-order chi connectivity index (χ0) is 19.2. The Bertz CT molecular complexity index is 893. The molecular weight excluding hydrogens is 345 g/mol. The lowest BCUT2D eigenvalue weighted by Gasteiger charge is -2.13. The van der Waals surface area contributed by atoms with Crippen LogP contribution in [0.2, 0.25) is 0 Å². The highest BCUT2D eigenvalue weighted by molar-refractivity contribution is 5.92. The molecule has 0 atom stereocenters. The Kier molecular flexibility index (Phi) is 5.61. The average molecular weight is 365 g/mol. The fourth-order valence-corrected chi connectivity index (χ4v) is 2.39. The second kappa shape index (κ2) is 8.27. The number of aromatic nitrogens is 2. The summed E-state index contributed by atoms with van der Waals surface area (Å²) in [4.78, 5) is 14.2. The number of rotatable bonds is 6. The third-order valence-corrected chi connectivity index (χ3v) is 3.92. The van der Waals surface area contributed by atoms with Crippen LogP contribution in [-0.2, 0) is 6.54 Å². The zero-order valence-electron chi connectivity index (χ0n) is 15.1. The molecule has 0 aliphatic carbocycles. The molecule has 2 aromatic carbocycles. The third kappa shape index (κ3) is 5.01. The third-order valence-electron chi connectivity index (χ3n) is 3.92. The van der Waals surface area contributed by atoms with Crippen molar-refractivity contribution in [2.75, 3.05) is 24.3 Å². The van der Waals surface area contributed by atoms with Gasteiger partial charge in [0.25, 0.3) is 5.91 Å². The first kappa shape index (κ1) is 18.3. The number of carbonyl (C=O) groups excluding carboxylic acids is 1. The molecule has 3 aromatic rings. The molecule has 7 heteroatoms. The lowest BCUT2D eigenvalue weighted by Crippen LogP contribution is -2.24. The number of benzene rings is 2. The summed E-state index contributed by atoms with van der Waals surface area (Å²) in [5, 5.41) is 13.9. The maximum absolute atomic E-state index is 12.9. The van der Waals surface area contributed by atoms with Gasteiger partial charge >= 0.3 is 0 Å². The fourth-order valence-electron chi connectivity index (χ4n) is 2.39. The van der Waals surface area contributed by atoms with Crippen LogP contribution in [0.4, 0.5) is 21.6 Å². The van der Waals surface area contributed by atoms with Crippen molar-refractivity contribution < 1.29 is 9.18 Å². The van der Waals surface area contributed by atoms with Gasteiger partial charge in [-0.2, -0.15) is 0 Å². The molecule has 0 bridgehead atoms. The second-order valence-corrected chi connectivity index (χ2v) is 6.18. The number of halogens is 1. The maximum atomic E-state index is 12.9. The molecule has 0 aliphatic heterocycles. The molecule has 0 saturated carbocycles. The summed E-state index contributed by atoms with van der Waals surface area (Å²) in [5.41, 5.74) is 2.99. The van der Waals surface area contributed by atoms with Gasteiger partial charge in [0.05, 0.1) is 0 Å². The fraction of sp³-hybridized carbons (Fsp3) is 0.150. The van der Waals surface area contributed by atoms with Gasteiger partial charge in [-0.1, -0.05) is 12.1 Å². The van der Waals surface area contributed by atoms with Crippen LogP contribution in [0, 0.1) is 5.82 Å². The quantitative estimate of drug-likeness (QED) is 0.701. The first-order chi connectivity index (χ1) is 13.0. The van der Waals surface area contributed by atoms with E-state index in [1.54, 1.807) is 24.3 Å². The molecule has 0 fully saturated rings. The molecular formula is C20H20FN5O. The molecule has 0 radical (unpaired) electrons. The van der Waals surface area contributed by atoms with Crippen LogP contribution in [0.15, 0.2) is 60.7 Å². The predicted molar refractivity (Wildman–Crippen MR) is 104 cm³/mol. The van der Waals surface area contributed by atoms with E-state index < -0.39 is 0 Å². The smallest absolute Gasteiger partial charge is 0.272 e. The Labute approximate surface area is 157 Å². The van der Waals surface area contributed by atoms with Crippen LogP contribution >= 0.6 is 0 Å². The van der Waals surface area contributed by atoms with Gasteiger partial charge in [0.1, 0.15) is 5.82 Å². The van der Waals surface area contributed by atoms with Gasteiger partial charge in [0.15, 0.2) is 11.5 Å². The Morgan fingerprint density at radius 2 is 1.67 bits per heavy atom. The Hall–Kier alpha value is -3.48. The zero-order valence-corrected chi connectivity index (χ0v) is 15.1. The molecule has 138 valence electrons. The van der Waals surface area contributed by atoms with Crippen LogP contribution in [-0.4, -0.2) is 30.2 Å². The number of nitrogens with one attached hydrogen (secondary N) is 2. The van der Waals surface area contributed by atoms with Gasteiger partial charge in [-0.3, -0.25) is 4.79 Å². The molecule has 27 heavy (non-hydrogen) atoms. The standard InChI is InChI=1S/C20H20FN5O/c1-26(2)17-9-7-16(8-10-17)23-19-12-11-18(24-25-19)20(27)22-13-14-3-5-15(21)6-4-14/h3-12H,13H2,1-2H3,(H,22,27)(H,23,25). The Morgan fingerprint density at radius 1 is 0.963 bits per heavy atom. The van der Waals surface area contributed by atoms with Crippen LogP contribution in [0.5, 0.6) is 0 Å². The van der Waals surface area contributed by atoms with E-state index in [-0.39, 0.29) is 17.4 Å². The van der Waals surface area contributed by atoms with Crippen LogP contribution in [0.1, 0.15) is 16.1 Å². The van der Waals surface area contributed by atoms with Crippen molar-refractivity contribution in [3.8, 4) is 0 Å². The number of hydrogen-bond donors (Lipinski definition) is 2. The number of hydrogen-bond acceptors (Lipinski definition) is 5. The molecule has 0 saturated heterocycles. The second-order valence-electron chi connectivity index (χ2n) is 6.18. The van der Waals surface area contributed by atoms with Crippen molar-refractivity contribution >= 4 is 23.1 Å². The van der Waals surface area contributed by atoms with Crippen LogP contribution in [0.25, 0.3) is 0 Å². The van der Waals surface area contributed by atoms with E-state index >= 15 is 0 Å². The lowest BCUT2D eigenvalue weighted by molar-refractivity contribution is 0.0945. The van der Waals surface area contributed by atoms with Crippen LogP contribution in [0.3, 0.4) is 0 Å². The Balaban J connectivity index is 1.57. The van der Waals surface area contributed by atoms with E-state index in [4.69, 9.17) is 0 Å². The summed E-state index contributed by atoms with van der Waals surface area (Å²) in [6.45, 7) is 0.291. The Morgan fingerprint density at radius 3 is 2.26 bits per heavy atom. The van der Waals surface area contributed by atoms with Crippen molar-refractivity contribution in [3.05, 3.63) is 77.7 Å². The minimum absolute atomic E-state index is 0.214. The molecule has 0 unspecified atom stereocenters. The normalized spacial score (nSPS) is 10.3. The lowest BCUT2D eigenvalue weighted by atomic mass is 10.2. The first-order valence-electron chi connectivity index (χ1n) is 8.42. The van der Waals surface area contributed by atoms with Crippen molar-refractivity contribution in [1.82, 2.24) is 15.5 Å². The highest BCUT2D eigenvalue weighted by Gasteiger charge is 2.08. The summed E-state index contributed by atoms with van der Waals surface area (Å²) in [6.07, 6.45) is 0. The summed E-state index contributed by atoms with van der Waals surface area (Å²) >= 11 is 0. The van der Waals surface area contributed by atoms with E-state index in [1.165, 1.54) is 12.1 Å². The largest absolute Gasteiger partial charge is 0.378 e. The maximum Gasteiger partial charge on any atom is 0.272 e. The van der Waals surface area contributed by atoms with E-state index in [0.29, 0.717) is 12.4 Å². The number of anilines is 3. The predicted octanol–water partition coefficient (Wildman–Crippen LogP) is 3.36. The van der Waals surface area contributed by atoms with Gasteiger partial charge in [0.2, 0.25) is 0 Å². The van der Waals surface area contributed by atoms with E-state index in [0.717, 1.165) is 16.9 Å². The van der Waals surface area contributed by atoms with Crippen molar-refractivity contribution in [1.29, 1.82) is 0 Å². The first-order valence-corrected chi connectivity index (χ1v) is 8.42. The van der Waals surface area contributed by atoms with Crippen molar-refractivity contribution in [3.63, 3.8) is 0 Å². The van der Waals surface area contributed by atoms with Gasteiger partial charge in [0, 0.05) is 32.0 Å². The monoisotopic (exact) mass is 365 g/mol. The molecule has 0 aliphatic rings. The summed E-state index contributed by atoms with van der Waals surface area (Å²) in [7, 11) is 3.96. The summed E-state index contributed by atoms with van der Waals surface area (Å²) in [6, 6.07) is 17.1. The highest BCUT2D eigenvalue weighted by Crippen LogP contribution is 2.18. The van der Waals surface area contributed by atoms with E-state index in [9.17, 15) is 9.18 Å². The summed E-state index contributed by atoms with van der Waals surface area (Å²) < 4.78 is 12.9. The minimum atomic E-state index is -0.339. The number of carbonyl (C=O) groups is 1. The molecule has 1 aromatic heterocycles. The number of amides is 1. The van der Waals surface area contributed by atoms with Gasteiger partial charge in [-0.15, -0.1) is 10.2 Å². The number of nitrogens with zero attached hydrogens (tertiary/aromatic N) is 3. The van der Waals surface area contributed by atoms with Crippen LogP contribution < -0.4 is 15.5 Å². The van der Waals surface area contributed by atoms with Gasteiger partial charge in [-0.05, 0) is 54.1 Å². The summed E-state index contributed by atoms with van der Waals surface area (Å²) in [5.74, 6) is -0.105. The van der Waals surface area contributed by atoms with E-state index in [2.05, 4.69) is 20.8 Å². The molecule has 2 N–H and O–H groups in total. The molecule has 1 heterocycles. The molecule has 0 spiro atoms. The van der Waals surface area contributed by atoms with Gasteiger partial charge in [-0.25, -0.2) is 4.39 Å². The molecule has 6 nitrogen and oxygen atoms in total. The highest BCUT2D eigenvalue weighted by atomic mass is 19.1. The van der Waals surface area contributed by atoms with Crippen molar-refractivity contribution in [2.24, 2.45) is 0 Å². The average Bonchev–Trinajstić information content (AvgIpc) is 2.68. The minimum Gasteiger partial charge on any atom is -0.378 e. The molecule has 3 rings (SSSR count). The van der Waals surface area contributed by atoms with E-state index in [1.807, 2.05) is 43.3 Å². The SMILES string of the molecule is CN(C)c1ccc(Nc2ccc(C(=O)NCc3ccc(F)cc3)nn2)cc1. The van der Waals surface area contributed by atoms with Crippen molar-refractivity contribution in [2.45, 2.75) is 6.54 Å².